The van der Waals surface area contributed by atoms with Crippen molar-refractivity contribution in [3.05, 3.63) is 94.0 Å². The molecule has 0 bridgehead atoms. The number of aryl methyl sites for hydroxylation is 2. The monoisotopic (exact) mass is 648 g/mol. The fourth-order valence-corrected chi connectivity index (χ4v) is 6.36. The fraction of sp³-hybridized carbons (Fsp3) is 0.455. The van der Waals surface area contributed by atoms with Gasteiger partial charge in [-0.15, -0.1) is 0 Å². The van der Waals surface area contributed by atoms with E-state index in [0.29, 0.717) is 0 Å². The smallest absolute Gasteiger partial charge is 0.146 e. The number of nitrogens with one attached hydrogen (secondary N) is 2. The van der Waals surface area contributed by atoms with Crippen molar-refractivity contribution >= 4 is 22.7 Å². The maximum Gasteiger partial charge on any atom is 0.146 e. The quantitative estimate of drug-likeness (QED) is 0.209. The molecule has 0 fully saturated rings. The van der Waals surface area contributed by atoms with Crippen LogP contribution < -0.4 is 20.1 Å². The minimum atomic E-state index is -0.0991. The van der Waals surface area contributed by atoms with Gasteiger partial charge in [0.2, 0.25) is 0 Å². The molecule has 0 spiro atoms. The molecule has 4 aromatic rings. The zero-order valence-electron chi connectivity index (χ0n) is 32.6. The Morgan fingerprint density at radius 3 is 1.04 bits per heavy atom. The second-order valence-electron chi connectivity index (χ2n) is 17.5. The third-order valence-corrected chi connectivity index (χ3v) is 9.27. The van der Waals surface area contributed by atoms with Gasteiger partial charge in [0.1, 0.15) is 11.5 Å². The lowest BCUT2D eigenvalue weighted by atomic mass is 9.79. The first-order valence-corrected chi connectivity index (χ1v) is 17.3. The molecule has 0 saturated heterocycles. The molecule has 0 unspecified atom stereocenters. The van der Waals surface area contributed by atoms with Crippen molar-refractivity contribution in [3.63, 3.8) is 0 Å². The molecule has 258 valence electrons. The Balaban J connectivity index is 1.97. The van der Waals surface area contributed by atoms with Gasteiger partial charge in [-0.3, -0.25) is 0 Å². The zero-order chi connectivity index (χ0) is 36.0. The second-order valence-corrected chi connectivity index (χ2v) is 17.5. The van der Waals surface area contributed by atoms with Gasteiger partial charge in [0.25, 0.3) is 0 Å². The van der Waals surface area contributed by atoms with E-state index in [9.17, 15) is 0 Å². The summed E-state index contributed by atoms with van der Waals surface area (Å²) >= 11 is 0. The first-order valence-electron chi connectivity index (χ1n) is 17.3. The second kappa shape index (κ2) is 13.2. The van der Waals surface area contributed by atoms with E-state index in [4.69, 9.17) is 9.47 Å². The molecule has 0 amide bonds. The standard InChI is InChI=1S/C44H60N2O2/c1-27-19-17-21-33(45-35-25-29(41(3,4)5)23-31(39(35)47-15)43(9,10)11)37(27)38-28(2)20-18-22-34(38)46-36-26-30(42(6,7)8)24-32(40(36)48-16)44(12,13)14/h17-26,45-46H,1-16H3. The molecule has 0 heterocycles. The summed E-state index contributed by atoms with van der Waals surface area (Å²) in [7, 11) is 3.55. The Labute approximate surface area is 291 Å². The molecular formula is C44H60N2O2. The molecule has 4 rings (SSSR count). The van der Waals surface area contributed by atoms with Crippen molar-refractivity contribution in [3.8, 4) is 22.6 Å². The van der Waals surface area contributed by atoms with Crippen LogP contribution in [-0.2, 0) is 21.7 Å². The number of rotatable bonds is 7. The number of hydrogen-bond acceptors (Lipinski definition) is 4. The molecule has 48 heavy (non-hydrogen) atoms. The van der Waals surface area contributed by atoms with Gasteiger partial charge in [0.05, 0.1) is 25.6 Å². The summed E-state index contributed by atoms with van der Waals surface area (Å²) in [5, 5.41) is 7.76. The van der Waals surface area contributed by atoms with Gasteiger partial charge in [-0.1, -0.05) is 119 Å². The molecule has 0 aromatic heterocycles. The van der Waals surface area contributed by atoms with Crippen LogP contribution in [0.2, 0.25) is 0 Å². The average molecular weight is 649 g/mol. The van der Waals surface area contributed by atoms with Crippen LogP contribution in [0.15, 0.2) is 60.7 Å². The van der Waals surface area contributed by atoms with Crippen molar-refractivity contribution < 1.29 is 9.47 Å². The summed E-state index contributed by atoms with van der Waals surface area (Å²) in [4.78, 5) is 0. The predicted octanol–water partition coefficient (Wildman–Crippen LogP) is 12.7. The highest BCUT2D eigenvalue weighted by atomic mass is 16.5. The first kappa shape index (κ1) is 36.9. The lowest BCUT2D eigenvalue weighted by molar-refractivity contribution is 0.398. The van der Waals surface area contributed by atoms with Crippen molar-refractivity contribution in [2.24, 2.45) is 0 Å². The van der Waals surface area contributed by atoms with Crippen LogP contribution in [0.5, 0.6) is 11.5 Å². The Kier molecular flexibility index (Phi) is 10.1. The highest BCUT2D eigenvalue weighted by Crippen LogP contribution is 2.47. The molecule has 0 saturated carbocycles. The van der Waals surface area contributed by atoms with Crippen LogP contribution in [0.1, 0.15) is 116 Å². The van der Waals surface area contributed by atoms with Gasteiger partial charge in [0, 0.05) is 33.6 Å². The van der Waals surface area contributed by atoms with Crippen molar-refractivity contribution in [2.75, 3.05) is 24.9 Å². The highest BCUT2D eigenvalue weighted by Gasteiger charge is 2.28. The Morgan fingerprint density at radius 2 is 0.771 bits per heavy atom. The average Bonchev–Trinajstić information content (AvgIpc) is 2.95. The van der Waals surface area contributed by atoms with Crippen molar-refractivity contribution in [1.82, 2.24) is 0 Å². The molecule has 0 atom stereocenters. The molecule has 0 aliphatic rings. The van der Waals surface area contributed by atoms with E-state index in [-0.39, 0.29) is 21.7 Å². The molecule has 4 aromatic carbocycles. The van der Waals surface area contributed by atoms with E-state index in [1.54, 1.807) is 14.2 Å². The largest absolute Gasteiger partial charge is 0.494 e. The Morgan fingerprint density at radius 1 is 0.438 bits per heavy atom. The summed E-state index contributed by atoms with van der Waals surface area (Å²) in [6.07, 6.45) is 0. The predicted molar refractivity (Wildman–Crippen MR) is 209 cm³/mol. The topological polar surface area (TPSA) is 42.5 Å². The van der Waals surface area contributed by atoms with Gasteiger partial charge in [0.15, 0.2) is 0 Å². The van der Waals surface area contributed by atoms with E-state index < -0.39 is 0 Å². The summed E-state index contributed by atoms with van der Waals surface area (Å²) < 4.78 is 12.3. The van der Waals surface area contributed by atoms with Crippen LogP contribution in [0.3, 0.4) is 0 Å². The van der Waals surface area contributed by atoms with E-state index in [0.717, 1.165) is 45.4 Å². The molecule has 2 N–H and O–H groups in total. The maximum atomic E-state index is 6.16. The van der Waals surface area contributed by atoms with Crippen LogP contribution >= 0.6 is 0 Å². The number of benzene rings is 4. The van der Waals surface area contributed by atoms with E-state index in [1.165, 1.54) is 33.4 Å². The molecule has 0 radical (unpaired) electrons. The molecule has 0 aliphatic heterocycles. The lowest BCUT2D eigenvalue weighted by Crippen LogP contribution is -2.18. The maximum absolute atomic E-state index is 6.16. The van der Waals surface area contributed by atoms with Gasteiger partial charge in [-0.25, -0.2) is 0 Å². The van der Waals surface area contributed by atoms with E-state index in [1.807, 2.05) is 0 Å². The van der Waals surface area contributed by atoms with E-state index >= 15 is 0 Å². The van der Waals surface area contributed by atoms with Gasteiger partial charge in [-0.05, 0) is 82.0 Å². The van der Waals surface area contributed by atoms with Crippen molar-refractivity contribution in [1.29, 1.82) is 0 Å². The number of ether oxygens (including phenoxy) is 2. The lowest BCUT2D eigenvalue weighted by Gasteiger charge is -2.30. The van der Waals surface area contributed by atoms with Gasteiger partial charge >= 0.3 is 0 Å². The first-order chi connectivity index (χ1) is 22.1. The summed E-state index contributed by atoms with van der Waals surface area (Å²) in [5.41, 5.74) is 13.3. The Bertz CT molecular complexity index is 1650. The normalized spacial score (nSPS) is 12.6. The third kappa shape index (κ3) is 7.69. The third-order valence-electron chi connectivity index (χ3n) is 9.27. The van der Waals surface area contributed by atoms with Gasteiger partial charge in [-0.2, -0.15) is 0 Å². The minimum absolute atomic E-state index is 0.0300. The number of methoxy groups -OCH3 is 2. The molecule has 4 heteroatoms. The minimum Gasteiger partial charge on any atom is -0.494 e. The van der Waals surface area contributed by atoms with Crippen LogP contribution in [0, 0.1) is 13.8 Å². The SMILES string of the molecule is COc1c(Nc2cccc(C)c2-c2c(C)cccc2Nc2cc(C(C)(C)C)cc(C(C)(C)C)c2OC)cc(C(C)(C)C)cc1C(C)(C)C. The van der Waals surface area contributed by atoms with Crippen molar-refractivity contribution in [2.45, 2.75) is 119 Å². The van der Waals surface area contributed by atoms with Crippen LogP contribution in [0.25, 0.3) is 11.1 Å². The summed E-state index contributed by atoms with van der Waals surface area (Å²) in [6, 6.07) is 22.1. The van der Waals surface area contributed by atoms with E-state index in [2.05, 4.69) is 168 Å². The molecular weight excluding hydrogens is 588 g/mol. The van der Waals surface area contributed by atoms with Gasteiger partial charge < -0.3 is 20.1 Å². The zero-order valence-corrected chi connectivity index (χ0v) is 32.6. The highest BCUT2D eigenvalue weighted by molar-refractivity contribution is 5.94. The molecule has 4 nitrogen and oxygen atoms in total. The van der Waals surface area contributed by atoms with Crippen LogP contribution in [-0.4, -0.2) is 14.2 Å². The Hall–Kier alpha value is -3.92. The fourth-order valence-electron chi connectivity index (χ4n) is 6.36. The summed E-state index contributed by atoms with van der Waals surface area (Å²) in [5.74, 6) is 1.76. The molecule has 0 aliphatic carbocycles. The van der Waals surface area contributed by atoms with Crippen LogP contribution in [0.4, 0.5) is 22.7 Å². The summed E-state index contributed by atoms with van der Waals surface area (Å²) in [6.45, 7) is 31.5. The number of anilines is 4. The number of hydrogen-bond donors (Lipinski definition) is 2.